The standard InChI is InChI=1S/C11H12BrN5.C4H4O4/c12-9-7(11(13)16-5-6-17-11)1-2-8-10(9)15-4-3-14-8;5-3(6)1-2-4(7)8/h1-4,16-17H,5-6,13H2;1-2H,(H,5,6)(H,7,8)/b;2-1-. The van der Waals surface area contributed by atoms with E-state index in [1.807, 2.05) is 12.1 Å². The molecule has 2 aromatic rings. The van der Waals surface area contributed by atoms with E-state index in [0.29, 0.717) is 12.2 Å². The maximum Gasteiger partial charge on any atom is 0.328 e. The molecule has 0 aliphatic carbocycles. The molecule has 1 aliphatic rings. The van der Waals surface area contributed by atoms with Crippen LogP contribution in [-0.2, 0) is 15.4 Å². The molecule has 0 spiro atoms. The van der Waals surface area contributed by atoms with Crippen molar-refractivity contribution >= 4 is 38.9 Å². The second-order valence-electron chi connectivity index (χ2n) is 5.02. The normalized spacial score (nSPS) is 15.8. The summed E-state index contributed by atoms with van der Waals surface area (Å²) in [4.78, 5) is 27.7. The fourth-order valence-electron chi connectivity index (χ4n) is 2.22. The number of benzene rings is 1. The van der Waals surface area contributed by atoms with Crippen molar-refractivity contribution in [2.75, 3.05) is 13.1 Å². The number of rotatable bonds is 3. The average molecular weight is 410 g/mol. The van der Waals surface area contributed by atoms with Gasteiger partial charge in [-0.05, 0) is 22.0 Å². The predicted molar refractivity (Wildman–Crippen MR) is 93.5 cm³/mol. The quantitative estimate of drug-likeness (QED) is 0.452. The number of nitrogens with one attached hydrogen (secondary N) is 2. The van der Waals surface area contributed by atoms with Crippen LogP contribution < -0.4 is 16.4 Å². The maximum absolute atomic E-state index is 9.55. The summed E-state index contributed by atoms with van der Waals surface area (Å²) < 4.78 is 0.882. The van der Waals surface area contributed by atoms with Crippen LogP contribution in [0.1, 0.15) is 5.56 Å². The van der Waals surface area contributed by atoms with Gasteiger partial charge in [0.05, 0.1) is 9.99 Å². The molecule has 0 atom stereocenters. The van der Waals surface area contributed by atoms with Gasteiger partial charge in [-0.2, -0.15) is 0 Å². The van der Waals surface area contributed by atoms with Gasteiger partial charge < -0.3 is 10.2 Å². The van der Waals surface area contributed by atoms with Crippen molar-refractivity contribution in [2.45, 2.75) is 5.79 Å². The summed E-state index contributed by atoms with van der Waals surface area (Å²) >= 11 is 3.56. The number of nitrogens with two attached hydrogens (primary N) is 1. The number of fused-ring (bicyclic) bond motifs is 1. The highest BCUT2D eigenvalue weighted by atomic mass is 79.9. The summed E-state index contributed by atoms with van der Waals surface area (Å²) in [6, 6.07) is 3.89. The minimum Gasteiger partial charge on any atom is -0.478 e. The van der Waals surface area contributed by atoms with Crippen molar-refractivity contribution < 1.29 is 19.8 Å². The van der Waals surface area contributed by atoms with Crippen LogP contribution in [0, 0.1) is 0 Å². The van der Waals surface area contributed by atoms with Crippen LogP contribution in [0.5, 0.6) is 0 Å². The molecule has 1 aromatic heterocycles. The van der Waals surface area contributed by atoms with Crippen molar-refractivity contribution in [1.29, 1.82) is 0 Å². The van der Waals surface area contributed by atoms with Gasteiger partial charge in [0.15, 0.2) is 0 Å². The van der Waals surface area contributed by atoms with Gasteiger partial charge in [-0.15, -0.1) is 0 Å². The van der Waals surface area contributed by atoms with Gasteiger partial charge in [-0.25, -0.2) is 9.59 Å². The van der Waals surface area contributed by atoms with Crippen LogP contribution in [0.25, 0.3) is 11.0 Å². The van der Waals surface area contributed by atoms with E-state index in [-0.39, 0.29) is 0 Å². The first-order chi connectivity index (χ1) is 11.8. The molecule has 0 amide bonds. The maximum atomic E-state index is 9.55. The number of carboxylic acids is 2. The number of hydrogen-bond donors (Lipinski definition) is 5. The van der Waals surface area contributed by atoms with Crippen molar-refractivity contribution in [2.24, 2.45) is 5.73 Å². The summed E-state index contributed by atoms with van der Waals surface area (Å²) in [5.74, 6) is -3.20. The lowest BCUT2D eigenvalue weighted by molar-refractivity contribution is -0.134. The molecule has 10 heteroatoms. The van der Waals surface area contributed by atoms with Gasteiger partial charge in [0.2, 0.25) is 0 Å². The molecule has 0 unspecified atom stereocenters. The van der Waals surface area contributed by atoms with E-state index in [9.17, 15) is 9.59 Å². The van der Waals surface area contributed by atoms with Crippen LogP contribution in [0.3, 0.4) is 0 Å². The number of aliphatic carboxylic acids is 2. The van der Waals surface area contributed by atoms with Crippen LogP contribution in [0.15, 0.2) is 41.2 Å². The third-order valence-corrected chi connectivity index (χ3v) is 4.11. The molecule has 132 valence electrons. The van der Waals surface area contributed by atoms with E-state index in [2.05, 4.69) is 36.5 Å². The first kappa shape index (κ1) is 18.9. The van der Waals surface area contributed by atoms with Crippen LogP contribution in [0.2, 0.25) is 0 Å². The smallest absolute Gasteiger partial charge is 0.328 e. The minimum atomic E-state index is -1.26. The summed E-state index contributed by atoms with van der Waals surface area (Å²) in [7, 11) is 0. The van der Waals surface area contributed by atoms with Gasteiger partial charge in [0.25, 0.3) is 0 Å². The van der Waals surface area contributed by atoms with Crippen molar-refractivity contribution in [3.05, 3.63) is 46.7 Å². The molecule has 1 aliphatic heterocycles. The minimum absolute atomic E-state index is 0.558. The molecule has 25 heavy (non-hydrogen) atoms. The Kier molecular flexibility index (Phi) is 6.15. The summed E-state index contributed by atoms with van der Waals surface area (Å²) in [6.07, 6.45) is 4.47. The summed E-state index contributed by atoms with van der Waals surface area (Å²) in [6.45, 7) is 1.70. The van der Waals surface area contributed by atoms with Gasteiger partial charge in [-0.1, -0.05) is 6.07 Å². The lowest BCUT2D eigenvalue weighted by Crippen LogP contribution is -2.54. The number of halogens is 1. The van der Waals surface area contributed by atoms with Crippen molar-refractivity contribution in [1.82, 2.24) is 20.6 Å². The van der Waals surface area contributed by atoms with Crippen LogP contribution in [-0.4, -0.2) is 45.2 Å². The van der Waals surface area contributed by atoms with E-state index >= 15 is 0 Å². The molecule has 1 aromatic carbocycles. The number of hydrogen-bond acceptors (Lipinski definition) is 7. The molecular formula is C15H16BrN5O4. The molecular weight excluding hydrogens is 394 g/mol. The Bertz CT molecular complexity index is 805. The Morgan fingerprint density at radius 2 is 1.68 bits per heavy atom. The second-order valence-corrected chi connectivity index (χ2v) is 5.82. The van der Waals surface area contributed by atoms with E-state index in [1.165, 1.54) is 0 Å². The lowest BCUT2D eigenvalue weighted by atomic mass is 10.1. The van der Waals surface area contributed by atoms with Gasteiger partial charge in [-0.3, -0.25) is 26.3 Å². The predicted octanol–water partition coefficient (Wildman–Crippen LogP) is 0.366. The SMILES string of the molecule is NC1(c2ccc3nccnc3c2Br)NCCN1.O=C(O)/C=C\C(=O)O. The number of carbonyl (C=O) groups is 2. The molecule has 1 fully saturated rings. The molecule has 1 saturated heterocycles. The molecule has 0 bridgehead atoms. The van der Waals surface area contributed by atoms with Crippen LogP contribution >= 0.6 is 15.9 Å². The van der Waals surface area contributed by atoms with E-state index in [1.54, 1.807) is 12.4 Å². The zero-order valence-corrected chi connectivity index (χ0v) is 14.5. The Morgan fingerprint density at radius 1 is 1.12 bits per heavy atom. The van der Waals surface area contributed by atoms with Gasteiger partial charge >= 0.3 is 11.9 Å². The van der Waals surface area contributed by atoms with E-state index in [0.717, 1.165) is 34.2 Å². The first-order valence-corrected chi connectivity index (χ1v) is 7.95. The zero-order valence-electron chi connectivity index (χ0n) is 12.9. The summed E-state index contributed by atoms with van der Waals surface area (Å²) in [5.41, 5.74) is 8.90. The van der Waals surface area contributed by atoms with Crippen LogP contribution in [0.4, 0.5) is 0 Å². The van der Waals surface area contributed by atoms with Crippen molar-refractivity contribution in [3.63, 3.8) is 0 Å². The fourth-order valence-corrected chi connectivity index (χ4v) is 2.97. The Labute approximate surface area is 151 Å². The Morgan fingerprint density at radius 3 is 2.24 bits per heavy atom. The average Bonchev–Trinajstić information content (AvgIpc) is 3.01. The van der Waals surface area contributed by atoms with Gasteiger partial charge in [0, 0.05) is 43.2 Å². The Hall–Kier alpha value is -2.40. The van der Waals surface area contributed by atoms with Gasteiger partial charge in [0.1, 0.15) is 11.3 Å². The molecule has 0 saturated carbocycles. The third-order valence-electron chi connectivity index (χ3n) is 3.30. The molecule has 6 N–H and O–H groups in total. The highest BCUT2D eigenvalue weighted by Gasteiger charge is 2.32. The fraction of sp³-hybridized carbons (Fsp3) is 0.200. The topological polar surface area (TPSA) is 150 Å². The molecule has 2 heterocycles. The largest absolute Gasteiger partial charge is 0.478 e. The zero-order chi connectivity index (χ0) is 18.4. The molecule has 9 nitrogen and oxygen atoms in total. The molecule has 3 rings (SSSR count). The third kappa shape index (κ3) is 4.79. The first-order valence-electron chi connectivity index (χ1n) is 7.16. The second kappa shape index (κ2) is 8.12. The number of carboxylic acid groups (broad SMARTS) is 2. The van der Waals surface area contributed by atoms with Crippen molar-refractivity contribution in [3.8, 4) is 0 Å². The number of nitrogens with zero attached hydrogens (tertiary/aromatic N) is 2. The monoisotopic (exact) mass is 409 g/mol. The van der Waals surface area contributed by atoms with E-state index < -0.39 is 17.7 Å². The highest BCUT2D eigenvalue weighted by molar-refractivity contribution is 9.10. The molecule has 0 radical (unpaired) electrons. The highest BCUT2D eigenvalue weighted by Crippen LogP contribution is 2.30. The lowest BCUT2D eigenvalue weighted by Gasteiger charge is -2.26. The summed E-state index contributed by atoms with van der Waals surface area (Å²) in [5, 5.41) is 22.1. The van der Waals surface area contributed by atoms with E-state index in [4.69, 9.17) is 15.9 Å². The number of aromatic nitrogens is 2. The Balaban J connectivity index is 0.000000242.